The maximum Gasteiger partial charge on any atom is 0.168 e. The summed E-state index contributed by atoms with van der Waals surface area (Å²) < 4.78 is 32.6. The van der Waals surface area contributed by atoms with E-state index in [1.165, 1.54) is 0 Å². The second-order valence-corrected chi connectivity index (χ2v) is 4.99. The smallest absolute Gasteiger partial charge is 0.168 e. The number of aromatic nitrogens is 1. The number of hydrogen-bond acceptors (Lipinski definition) is 4. The highest BCUT2D eigenvalue weighted by Gasteiger charge is 2.18. The number of halogens is 2. The Morgan fingerprint density at radius 2 is 2.05 bits per heavy atom. The van der Waals surface area contributed by atoms with Crippen molar-refractivity contribution >= 4 is 11.6 Å². The molecule has 1 N–H and O–H groups in total. The summed E-state index contributed by atoms with van der Waals surface area (Å²) in [5, 5.41) is 2.80. The molecule has 0 unspecified atom stereocenters. The highest BCUT2D eigenvalue weighted by atomic mass is 19.1. The Morgan fingerprint density at radius 3 is 2.60 bits per heavy atom. The van der Waals surface area contributed by atoms with Crippen LogP contribution < -0.4 is 10.2 Å². The van der Waals surface area contributed by atoms with E-state index in [0.717, 1.165) is 6.07 Å². The minimum atomic E-state index is -0.677. The van der Waals surface area contributed by atoms with E-state index in [2.05, 4.69) is 10.3 Å². The van der Waals surface area contributed by atoms with Gasteiger partial charge in [-0.1, -0.05) is 13.8 Å². The van der Waals surface area contributed by atoms with Gasteiger partial charge in [-0.05, 0) is 12.8 Å². The summed E-state index contributed by atoms with van der Waals surface area (Å²) in [6, 6.07) is 0.875. The Hall–Kier alpha value is -1.43. The third-order valence-electron chi connectivity index (χ3n) is 2.71. The molecule has 1 heterocycles. The summed E-state index contributed by atoms with van der Waals surface area (Å²) in [5.74, 6) is -0.755. The first-order valence-corrected chi connectivity index (χ1v) is 6.83. The number of ether oxygens (including phenoxy) is 1. The first kappa shape index (κ1) is 16.6. The van der Waals surface area contributed by atoms with Gasteiger partial charge in [0.05, 0.1) is 6.61 Å². The van der Waals surface area contributed by atoms with Crippen LogP contribution in [0.2, 0.25) is 0 Å². The zero-order valence-corrected chi connectivity index (χ0v) is 12.5. The van der Waals surface area contributed by atoms with Crippen molar-refractivity contribution in [2.24, 2.45) is 5.92 Å². The van der Waals surface area contributed by atoms with Gasteiger partial charge in [0, 0.05) is 32.8 Å². The molecule has 0 aromatic carbocycles. The van der Waals surface area contributed by atoms with Crippen molar-refractivity contribution in [1.29, 1.82) is 0 Å². The molecule has 20 heavy (non-hydrogen) atoms. The van der Waals surface area contributed by atoms with Gasteiger partial charge >= 0.3 is 0 Å². The number of methoxy groups -OCH3 is 1. The van der Waals surface area contributed by atoms with Crippen LogP contribution in [0.4, 0.5) is 20.4 Å². The van der Waals surface area contributed by atoms with Crippen LogP contribution >= 0.6 is 0 Å². The van der Waals surface area contributed by atoms with Crippen LogP contribution in [0.3, 0.4) is 0 Å². The fourth-order valence-electron chi connectivity index (χ4n) is 1.90. The quantitative estimate of drug-likeness (QED) is 0.798. The summed E-state index contributed by atoms with van der Waals surface area (Å²) in [5.41, 5.74) is 0. The Morgan fingerprint density at radius 1 is 1.35 bits per heavy atom. The summed E-state index contributed by atoms with van der Waals surface area (Å²) in [6.45, 7) is 8.03. The predicted molar refractivity (Wildman–Crippen MR) is 77.2 cm³/mol. The van der Waals surface area contributed by atoms with Crippen LogP contribution in [0, 0.1) is 17.6 Å². The van der Waals surface area contributed by atoms with Gasteiger partial charge in [-0.3, -0.25) is 0 Å². The SMILES string of the molecule is CCNc1nc(N(CCOC)CC(C)C)c(F)cc1F. The number of rotatable bonds is 8. The Balaban J connectivity index is 3.06. The molecule has 0 fully saturated rings. The average molecular weight is 287 g/mol. The number of hydrogen-bond donors (Lipinski definition) is 1. The first-order chi connectivity index (χ1) is 9.49. The van der Waals surface area contributed by atoms with Crippen molar-refractivity contribution in [3.8, 4) is 0 Å². The molecular formula is C14H23F2N3O. The van der Waals surface area contributed by atoms with Gasteiger partial charge in [-0.15, -0.1) is 0 Å². The molecule has 0 saturated carbocycles. The fraction of sp³-hybridized carbons (Fsp3) is 0.643. The molecule has 0 aliphatic rings. The van der Waals surface area contributed by atoms with E-state index < -0.39 is 11.6 Å². The van der Waals surface area contributed by atoms with Crippen molar-refractivity contribution in [3.05, 3.63) is 17.7 Å². The first-order valence-electron chi connectivity index (χ1n) is 6.83. The minimum absolute atomic E-state index is 0.0788. The molecule has 6 heteroatoms. The van der Waals surface area contributed by atoms with Gasteiger partial charge < -0.3 is 15.0 Å². The molecule has 0 radical (unpaired) electrons. The summed E-state index contributed by atoms with van der Waals surface area (Å²) in [7, 11) is 1.59. The molecular weight excluding hydrogens is 264 g/mol. The third-order valence-corrected chi connectivity index (χ3v) is 2.71. The topological polar surface area (TPSA) is 37.4 Å². The number of nitrogens with zero attached hydrogens (tertiary/aromatic N) is 2. The largest absolute Gasteiger partial charge is 0.383 e. The van der Waals surface area contributed by atoms with Gasteiger partial charge in [0.1, 0.15) is 0 Å². The number of anilines is 2. The lowest BCUT2D eigenvalue weighted by Crippen LogP contribution is -2.32. The Labute approximate surface area is 119 Å². The lowest BCUT2D eigenvalue weighted by atomic mass is 10.2. The van der Waals surface area contributed by atoms with Crippen LogP contribution in [-0.4, -0.2) is 38.3 Å². The average Bonchev–Trinajstić information content (AvgIpc) is 2.37. The minimum Gasteiger partial charge on any atom is -0.383 e. The molecule has 0 spiro atoms. The highest BCUT2D eigenvalue weighted by molar-refractivity contribution is 5.49. The second kappa shape index (κ2) is 7.99. The summed E-state index contributed by atoms with van der Waals surface area (Å²) >= 11 is 0. The van der Waals surface area contributed by atoms with Crippen molar-refractivity contribution in [1.82, 2.24) is 4.98 Å². The molecule has 1 aromatic heterocycles. The molecule has 0 atom stereocenters. The van der Waals surface area contributed by atoms with Crippen LogP contribution in [0.1, 0.15) is 20.8 Å². The normalized spacial score (nSPS) is 10.9. The lowest BCUT2D eigenvalue weighted by Gasteiger charge is -2.26. The maximum atomic E-state index is 14.0. The van der Waals surface area contributed by atoms with Gasteiger partial charge in [-0.25, -0.2) is 13.8 Å². The van der Waals surface area contributed by atoms with Crippen LogP contribution in [0.15, 0.2) is 6.07 Å². The van der Waals surface area contributed by atoms with Gasteiger partial charge in [0.25, 0.3) is 0 Å². The molecule has 4 nitrogen and oxygen atoms in total. The molecule has 0 amide bonds. The number of pyridine rings is 1. The van der Waals surface area contributed by atoms with Gasteiger partial charge in [0.2, 0.25) is 0 Å². The number of nitrogens with one attached hydrogen (secondary N) is 1. The second-order valence-electron chi connectivity index (χ2n) is 4.99. The van der Waals surface area contributed by atoms with E-state index >= 15 is 0 Å². The Kier molecular flexibility index (Phi) is 6.64. The monoisotopic (exact) mass is 287 g/mol. The van der Waals surface area contributed by atoms with E-state index in [-0.39, 0.29) is 11.6 Å². The molecule has 0 bridgehead atoms. The third kappa shape index (κ3) is 4.59. The van der Waals surface area contributed by atoms with Crippen LogP contribution in [0.5, 0.6) is 0 Å². The molecule has 0 saturated heterocycles. The molecule has 0 aliphatic carbocycles. The lowest BCUT2D eigenvalue weighted by molar-refractivity contribution is 0.204. The van der Waals surface area contributed by atoms with E-state index in [4.69, 9.17) is 4.74 Å². The van der Waals surface area contributed by atoms with Crippen molar-refractivity contribution in [2.45, 2.75) is 20.8 Å². The van der Waals surface area contributed by atoms with Crippen LogP contribution in [-0.2, 0) is 4.74 Å². The summed E-state index contributed by atoms with van der Waals surface area (Å²) in [6.07, 6.45) is 0. The van der Waals surface area contributed by atoms with Crippen LogP contribution in [0.25, 0.3) is 0 Å². The standard InChI is InChI=1S/C14H23F2N3O/c1-5-17-13-11(15)8-12(16)14(18-13)19(6-7-20-4)9-10(2)3/h8,10H,5-7,9H2,1-4H3,(H,17,18). The van der Waals surface area contributed by atoms with E-state index in [0.29, 0.717) is 32.2 Å². The van der Waals surface area contributed by atoms with Gasteiger partial charge in [0.15, 0.2) is 23.3 Å². The van der Waals surface area contributed by atoms with Crippen molar-refractivity contribution in [2.75, 3.05) is 43.6 Å². The summed E-state index contributed by atoms with van der Waals surface area (Å²) in [4.78, 5) is 5.86. The van der Waals surface area contributed by atoms with Crippen molar-refractivity contribution in [3.63, 3.8) is 0 Å². The molecule has 1 rings (SSSR count). The van der Waals surface area contributed by atoms with Gasteiger partial charge in [-0.2, -0.15) is 0 Å². The predicted octanol–water partition coefficient (Wildman–Crippen LogP) is 2.90. The fourth-order valence-corrected chi connectivity index (χ4v) is 1.90. The molecule has 1 aromatic rings. The van der Waals surface area contributed by atoms with E-state index in [9.17, 15) is 8.78 Å². The van der Waals surface area contributed by atoms with Crippen molar-refractivity contribution < 1.29 is 13.5 Å². The zero-order valence-electron chi connectivity index (χ0n) is 12.5. The zero-order chi connectivity index (χ0) is 15.1. The maximum absolute atomic E-state index is 14.0. The molecule has 0 aliphatic heterocycles. The van der Waals surface area contributed by atoms with E-state index in [1.807, 2.05) is 20.8 Å². The Bertz CT molecular complexity index is 427. The molecule has 114 valence electrons. The highest BCUT2D eigenvalue weighted by Crippen LogP contribution is 2.23. The van der Waals surface area contributed by atoms with E-state index in [1.54, 1.807) is 12.0 Å².